The molecule has 0 radical (unpaired) electrons. The number of nitrogens with one attached hydrogen (secondary N) is 1. The molecule has 0 rings (SSSR count). The lowest BCUT2D eigenvalue weighted by atomic mass is 10.1. The van der Waals surface area contributed by atoms with Gasteiger partial charge in [0.1, 0.15) is 0 Å². The van der Waals surface area contributed by atoms with Crippen molar-refractivity contribution < 1.29 is 4.74 Å². The van der Waals surface area contributed by atoms with Crippen molar-refractivity contribution in [1.82, 2.24) is 5.32 Å². The van der Waals surface area contributed by atoms with Gasteiger partial charge in [-0.3, -0.25) is 0 Å². The van der Waals surface area contributed by atoms with Gasteiger partial charge in [0, 0.05) is 12.1 Å². The quantitative estimate of drug-likeness (QED) is 0.656. The standard InChI is InChI=1S/C13H27NO/c1-7-12(10-14-13(4,5)6)15-9-8-11(2)3/h12,14H,2,7-10H2,1,3-6H3. The van der Waals surface area contributed by atoms with E-state index in [-0.39, 0.29) is 5.54 Å². The zero-order valence-electron chi connectivity index (χ0n) is 11.0. The van der Waals surface area contributed by atoms with Crippen molar-refractivity contribution in [2.24, 2.45) is 0 Å². The summed E-state index contributed by atoms with van der Waals surface area (Å²) < 4.78 is 5.77. The molecule has 1 atom stereocenters. The average Bonchev–Trinajstić information content (AvgIpc) is 2.08. The lowest BCUT2D eigenvalue weighted by Crippen LogP contribution is -2.41. The molecule has 0 amide bonds. The third-order valence-corrected chi connectivity index (χ3v) is 2.20. The van der Waals surface area contributed by atoms with E-state index in [1.807, 2.05) is 6.92 Å². The fraction of sp³-hybridized carbons (Fsp3) is 0.846. The highest BCUT2D eigenvalue weighted by Gasteiger charge is 2.12. The van der Waals surface area contributed by atoms with Crippen molar-refractivity contribution in [3.63, 3.8) is 0 Å². The van der Waals surface area contributed by atoms with Gasteiger partial charge in [-0.15, -0.1) is 6.58 Å². The van der Waals surface area contributed by atoms with Crippen LogP contribution in [0.2, 0.25) is 0 Å². The topological polar surface area (TPSA) is 21.3 Å². The molecular formula is C13H27NO. The van der Waals surface area contributed by atoms with Gasteiger partial charge in [0.2, 0.25) is 0 Å². The number of hydrogen-bond acceptors (Lipinski definition) is 2. The lowest BCUT2D eigenvalue weighted by molar-refractivity contribution is 0.0487. The van der Waals surface area contributed by atoms with Crippen LogP contribution in [0.3, 0.4) is 0 Å². The molecule has 0 spiro atoms. The summed E-state index contributed by atoms with van der Waals surface area (Å²) in [7, 11) is 0. The van der Waals surface area contributed by atoms with Crippen LogP contribution in [0.1, 0.15) is 47.5 Å². The van der Waals surface area contributed by atoms with Crippen LogP contribution in [0.25, 0.3) is 0 Å². The summed E-state index contributed by atoms with van der Waals surface area (Å²) in [6, 6.07) is 0. The van der Waals surface area contributed by atoms with Gasteiger partial charge in [0.05, 0.1) is 12.7 Å². The van der Waals surface area contributed by atoms with E-state index < -0.39 is 0 Å². The molecule has 90 valence electrons. The van der Waals surface area contributed by atoms with E-state index in [2.05, 4.69) is 39.6 Å². The van der Waals surface area contributed by atoms with Crippen LogP contribution in [-0.4, -0.2) is 24.8 Å². The molecule has 2 heteroatoms. The van der Waals surface area contributed by atoms with Crippen LogP contribution in [0.15, 0.2) is 12.2 Å². The number of ether oxygens (including phenoxy) is 1. The van der Waals surface area contributed by atoms with Crippen LogP contribution < -0.4 is 5.32 Å². The Bertz CT molecular complexity index is 181. The average molecular weight is 213 g/mol. The highest BCUT2D eigenvalue weighted by Crippen LogP contribution is 2.04. The molecule has 0 heterocycles. The summed E-state index contributed by atoms with van der Waals surface area (Å²) >= 11 is 0. The molecular weight excluding hydrogens is 186 g/mol. The predicted molar refractivity (Wildman–Crippen MR) is 67.2 cm³/mol. The minimum absolute atomic E-state index is 0.172. The lowest BCUT2D eigenvalue weighted by Gasteiger charge is -2.25. The summed E-state index contributed by atoms with van der Waals surface area (Å²) in [5.41, 5.74) is 1.36. The monoisotopic (exact) mass is 213 g/mol. The van der Waals surface area contributed by atoms with Crippen molar-refractivity contribution in [1.29, 1.82) is 0 Å². The Morgan fingerprint density at radius 3 is 2.40 bits per heavy atom. The molecule has 1 N–H and O–H groups in total. The Labute approximate surface area is 95.1 Å². The van der Waals surface area contributed by atoms with Gasteiger partial charge in [-0.2, -0.15) is 0 Å². The maximum atomic E-state index is 5.77. The Morgan fingerprint density at radius 2 is 2.00 bits per heavy atom. The highest BCUT2D eigenvalue weighted by molar-refractivity contribution is 4.87. The minimum Gasteiger partial charge on any atom is -0.377 e. The van der Waals surface area contributed by atoms with Gasteiger partial charge in [-0.1, -0.05) is 12.5 Å². The Morgan fingerprint density at radius 1 is 1.40 bits per heavy atom. The normalized spacial score (nSPS) is 13.9. The van der Waals surface area contributed by atoms with Crippen LogP contribution in [0.4, 0.5) is 0 Å². The largest absolute Gasteiger partial charge is 0.377 e. The number of hydrogen-bond donors (Lipinski definition) is 1. The fourth-order valence-corrected chi connectivity index (χ4v) is 1.14. The molecule has 0 aromatic heterocycles. The van der Waals surface area contributed by atoms with Crippen molar-refractivity contribution >= 4 is 0 Å². The van der Waals surface area contributed by atoms with Crippen molar-refractivity contribution in [2.75, 3.05) is 13.2 Å². The van der Waals surface area contributed by atoms with Gasteiger partial charge in [-0.25, -0.2) is 0 Å². The second kappa shape index (κ2) is 7.02. The van der Waals surface area contributed by atoms with E-state index in [4.69, 9.17) is 4.74 Å². The van der Waals surface area contributed by atoms with Gasteiger partial charge >= 0.3 is 0 Å². The molecule has 0 saturated heterocycles. The minimum atomic E-state index is 0.172. The van der Waals surface area contributed by atoms with Crippen LogP contribution in [0, 0.1) is 0 Å². The first-order chi connectivity index (χ1) is 6.85. The highest BCUT2D eigenvalue weighted by atomic mass is 16.5. The first kappa shape index (κ1) is 14.7. The third kappa shape index (κ3) is 9.95. The van der Waals surface area contributed by atoms with E-state index in [0.717, 1.165) is 26.0 Å². The van der Waals surface area contributed by atoms with Crippen molar-refractivity contribution in [2.45, 2.75) is 59.1 Å². The molecule has 0 aromatic carbocycles. The summed E-state index contributed by atoms with van der Waals surface area (Å²) in [5.74, 6) is 0. The van der Waals surface area contributed by atoms with Crippen LogP contribution >= 0.6 is 0 Å². The Hall–Kier alpha value is -0.340. The van der Waals surface area contributed by atoms with E-state index in [0.29, 0.717) is 6.10 Å². The molecule has 1 unspecified atom stereocenters. The zero-order valence-corrected chi connectivity index (χ0v) is 11.0. The smallest absolute Gasteiger partial charge is 0.0697 e. The molecule has 0 aromatic rings. The fourth-order valence-electron chi connectivity index (χ4n) is 1.14. The Kier molecular flexibility index (Phi) is 6.86. The SMILES string of the molecule is C=C(C)CCOC(CC)CNC(C)(C)C. The number of rotatable bonds is 7. The summed E-state index contributed by atoms with van der Waals surface area (Å²) in [6.07, 6.45) is 2.34. The second-order valence-electron chi connectivity index (χ2n) is 5.24. The molecule has 15 heavy (non-hydrogen) atoms. The van der Waals surface area contributed by atoms with Crippen LogP contribution in [-0.2, 0) is 4.74 Å². The van der Waals surface area contributed by atoms with Crippen molar-refractivity contribution in [3.8, 4) is 0 Å². The molecule has 0 bridgehead atoms. The van der Waals surface area contributed by atoms with Gasteiger partial charge in [0.25, 0.3) is 0 Å². The zero-order chi connectivity index (χ0) is 11.9. The van der Waals surface area contributed by atoms with Gasteiger partial charge < -0.3 is 10.1 Å². The molecule has 2 nitrogen and oxygen atoms in total. The van der Waals surface area contributed by atoms with E-state index in [1.165, 1.54) is 5.57 Å². The molecule has 0 aliphatic rings. The van der Waals surface area contributed by atoms with E-state index in [1.54, 1.807) is 0 Å². The maximum absolute atomic E-state index is 5.77. The van der Waals surface area contributed by atoms with E-state index in [9.17, 15) is 0 Å². The molecule has 0 aliphatic heterocycles. The summed E-state index contributed by atoms with van der Waals surface area (Å²) in [4.78, 5) is 0. The summed E-state index contributed by atoms with van der Waals surface area (Å²) in [6.45, 7) is 16.3. The molecule has 0 aliphatic carbocycles. The van der Waals surface area contributed by atoms with Crippen LogP contribution in [0.5, 0.6) is 0 Å². The first-order valence-electron chi connectivity index (χ1n) is 5.86. The molecule has 0 fully saturated rings. The Balaban J connectivity index is 3.69. The van der Waals surface area contributed by atoms with Gasteiger partial charge in [-0.05, 0) is 40.5 Å². The second-order valence-corrected chi connectivity index (χ2v) is 5.24. The van der Waals surface area contributed by atoms with Gasteiger partial charge in [0.15, 0.2) is 0 Å². The summed E-state index contributed by atoms with van der Waals surface area (Å²) in [5, 5.41) is 3.46. The first-order valence-corrected chi connectivity index (χ1v) is 5.86. The predicted octanol–water partition coefficient (Wildman–Crippen LogP) is 3.14. The molecule has 0 saturated carbocycles. The van der Waals surface area contributed by atoms with Crippen molar-refractivity contribution in [3.05, 3.63) is 12.2 Å². The van der Waals surface area contributed by atoms with E-state index >= 15 is 0 Å². The maximum Gasteiger partial charge on any atom is 0.0697 e. The third-order valence-electron chi connectivity index (χ3n) is 2.20.